The number of nitrogens with one attached hydrogen (secondary N) is 1. The summed E-state index contributed by atoms with van der Waals surface area (Å²) >= 11 is 1.43. The second kappa shape index (κ2) is 5.32. The maximum Gasteiger partial charge on any atom is 0.435 e. The third-order valence-corrected chi connectivity index (χ3v) is 4.35. The molecule has 1 aliphatic rings. The highest BCUT2D eigenvalue weighted by Crippen LogP contribution is 2.34. The van der Waals surface area contributed by atoms with Crippen molar-refractivity contribution in [3.05, 3.63) is 28.3 Å². The minimum absolute atomic E-state index is 0.0921. The lowest BCUT2D eigenvalue weighted by molar-refractivity contribution is -0.141. The first-order chi connectivity index (χ1) is 9.95. The Morgan fingerprint density at radius 1 is 1.38 bits per heavy atom. The Bertz CT molecular complexity index is 644. The predicted octanol–water partition coefficient (Wildman–Crippen LogP) is 3.62. The minimum atomic E-state index is -4.42. The highest BCUT2D eigenvalue weighted by molar-refractivity contribution is 7.15. The maximum absolute atomic E-state index is 13.1. The normalized spacial score (nSPS) is 15.0. The second-order valence-corrected chi connectivity index (χ2v) is 6.29. The van der Waals surface area contributed by atoms with Gasteiger partial charge in [0.05, 0.1) is 12.2 Å². The number of rotatable bonds is 3. The Labute approximate surface area is 124 Å². The van der Waals surface area contributed by atoms with Crippen LogP contribution in [0.15, 0.2) is 6.20 Å². The van der Waals surface area contributed by atoms with Gasteiger partial charge in [-0.1, -0.05) is 0 Å². The van der Waals surface area contributed by atoms with E-state index in [1.54, 1.807) is 10.8 Å². The number of anilines is 1. The van der Waals surface area contributed by atoms with Crippen LogP contribution in [0.4, 0.5) is 18.3 Å². The zero-order valence-electron chi connectivity index (χ0n) is 11.5. The van der Waals surface area contributed by atoms with Gasteiger partial charge in [0.1, 0.15) is 5.82 Å². The van der Waals surface area contributed by atoms with Crippen molar-refractivity contribution in [3.63, 3.8) is 0 Å². The molecule has 0 spiro atoms. The van der Waals surface area contributed by atoms with Crippen molar-refractivity contribution in [2.45, 2.75) is 45.5 Å². The molecule has 0 aliphatic carbocycles. The van der Waals surface area contributed by atoms with E-state index in [0.717, 1.165) is 17.7 Å². The smallest absolute Gasteiger partial charge is 0.356 e. The Kier molecular flexibility index (Phi) is 3.64. The van der Waals surface area contributed by atoms with Gasteiger partial charge < -0.3 is 9.88 Å². The first-order valence-corrected chi connectivity index (χ1v) is 7.58. The van der Waals surface area contributed by atoms with E-state index >= 15 is 0 Å². The lowest BCUT2D eigenvalue weighted by Gasteiger charge is -2.17. The fraction of sp³-hybridized carbons (Fsp3) is 0.538. The number of hydrogen-bond donors (Lipinski definition) is 1. The molecular weight excluding hydrogens is 301 g/mol. The van der Waals surface area contributed by atoms with Gasteiger partial charge >= 0.3 is 6.18 Å². The Morgan fingerprint density at radius 3 is 2.86 bits per heavy atom. The molecule has 0 saturated carbocycles. The van der Waals surface area contributed by atoms with Gasteiger partial charge in [0, 0.05) is 24.0 Å². The molecule has 8 heteroatoms. The Hall–Kier alpha value is -1.57. The molecule has 2 aromatic rings. The first-order valence-electron chi connectivity index (χ1n) is 6.77. The number of aromatic nitrogens is 3. The van der Waals surface area contributed by atoms with Crippen LogP contribution in [0.25, 0.3) is 0 Å². The lowest BCUT2D eigenvalue weighted by atomic mass is 10.1. The molecule has 2 aromatic heterocycles. The molecule has 3 heterocycles. The number of alkyl halides is 3. The summed E-state index contributed by atoms with van der Waals surface area (Å²) in [6, 6.07) is 0. The van der Waals surface area contributed by atoms with E-state index in [2.05, 4.69) is 15.3 Å². The topological polar surface area (TPSA) is 42.7 Å². The van der Waals surface area contributed by atoms with Crippen LogP contribution in [0.2, 0.25) is 0 Å². The summed E-state index contributed by atoms with van der Waals surface area (Å²) in [4.78, 5) is 8.95. The molecule has 1 N–H and O–H groups in total. The van der Waals surface area contributed by atoms with Gasteiger partial charge in [-0.3, -0.25) is 0 Å². The number of fused-ring (bicyclic) bond motifs is 1. The molecule has 0 atom stereocenters. The van der Waals surface area contributed by atoms with E-state index < -0.39 is 11.9 Å². The van der Waals surface area contributed by atoms with E-state index in [1.807, 2.05) is 6.92 Å². The molecule has 1 aliphatic heterocycles. The van der Waals surface area contributed by atoms with Gasteiger partial charge in [-0.2, -0.15) is 13.2 Å². The van der Waals surface area contributed by atoms with E-state index in [-0.39, 0.29) is 12.2 Å². The van der Waals surface area contributed by atoms with E-state index in [9.17, 15) is 13.2 Å². The van der Waals surface area contributed by atoms with Crippen LogP contribution in [-0.4, -0.2) is 14.5 Å². The van der Waals surface area contributed by atoms with Crippen LogP contribution in [0.3, 0.4) is 0 Å². The summed E-state index contributed by atoms with van der Waals surface area (Å²) in [5.41, 5.74) is -0.551. The quantitative estimate of drug-likeness (QED) is 0.940. The van der Waals surface area contributed by atoms with Crippen molar-refractivity contribution >= 4 is 16.5 Å². The van der Waals surface area contributed by atoms with Gasteiger partial charge in [0.2, 0.25) is 0 Å². The van der Waals surface area contributed by atoms with Crippen LogP contribution in [0, 0.1) is 6.92 Å². The number of halogens is 3. The molecule has 0 fully saturated rings. The Morgan fingerprint density at radius 2 is 2.19 bits per heavy atom. The largest absolute Gasteiger partial charge is 0.435 e. The molecular formula is C13H15F3N4S. The standard InChI is InChI=1S/C13H15F3N4S/c1-8-6-17-12(21-8)18-7-9-11(13(14,15)16)19-10-4-2-3-5-20(9)10/h6H,2-5,7H2,1H3,(H,17,18). The molecule has 3 rings (SSSR count). The molecule has 0 amide bonds. The number of aryl methyl sites for hydroxylation is 2. The lowest BCUT2D eigenvalue weighted by Crippen LogP contribution is -2.17. The van der Waals surface area contributed by atoms with Gasteiger partial charge in [-0.05, 0) is 19.8 Å². The molecule has 0 unspecified atom stereocenters. The average molecular weight is 316 g/mol. The van der Waals surface area contributed by atoms with Crippen molar-refractivity contribution in [1.82, 2.24) is 14.5 Å². The molecule has 0 bridgehead atoms. The minimum Gasteiger partial charge on any atom is -0.356 e. The summed E-state index contributed by atoms with van der Waals surface area (Å²) in [7, 11) is 0. The van der Waals surface area contributed by atoms with Crippen molar-refractivity contribution in [1.29, 1.82) is 0 Å². The zero-order valence-corrected chi connectivity index (χ0v) is 12.3. The number of thiazole rings is 1. The van der Waals surface area contributed by atoms with Crippen molar-refractivity contribution in [3.8, 4) is 0 Å². The summed E-state index contributed by atoms with van der Waals surface area (Å²) in [5.74, 6) is 0.542. The third-order valence-electron chi connectivity index (χ3n) is 3.48. The molecule has 0 aromatic carbocycles. The number of hydrogen-bond acceptors (Lipinski definition) is 4. The second-order valence-electron chi connectivity index (χ2n) is 5.06. The molecule has 0 saturated heterocycles. The van der Waals surface area contributed by atoms with Crippen LogP contribution in [0.5, 0.6) is 0 Å². The van der Waals surface area contributed by atoms with Gasteiger partial charge in [0.15, 0.2) is 10.8 Å². The molecule has 21 heavy (non-hydrogen) atoms. The van der Waals surface area contributed by atoms with Gasteiger partial charge in [-0.25, -0.2) is 9.97 Å². The molecule has 114 valence electrons. The average Bonchev–Trinajstić information content (AvgIpc) is 2.99. The van der Waals surface area contributed by atoms with Gasteiger partial charge in [-0.15, -0.1) is 11.3 Å². The fourth-order valence-electron chi connectivity index (χ4n) is 2.55. The monoisotopic (exact) mass is 316 g/mol. The zero-order chi connectivity index (χ0) is 15.0. The predicted molar refractivity (Wildman–Crippen MR) is 74.3 cm³/mol. The number of imidazole rings is 1. The van der Waals surface area contributed by atoms with Crippen molar-refractivity contribution < 1.29 is 13.2 Å². The summed E-state index contributed by atoms with van der Waals surface area (Å²) in [6.07, 6.45) is -0.319. The van der Waals surface area contributed by atoms with Crippen molar-refractivity contribution in [2.24, 2.45) is 0 Å². The van der Waals surface area contributed by atoms with Crippen molar-refractivity contribution in [2.75, 3.05) is 5.32 Å². The molecule has 4 nitrogen and oxygen atoms in total. The molecule has 0 radical (unpaired) electrons. The fourth-order valence-corrected chi connectivity index (χ4v) is 3.21. The van der Waals surface area contributed by atoms with Crippen LogP contribution in [-0.2, 0) is 25.7 Å². The maximum atomic E-state index is 13.1. The summed E-state index contributed by atoms with van der Waals surface area (Å²) in [5, 5.41) is 3.61. The SMILES string of the molecule is Cc1cnc(NCc2c(C(F)(F)F)nc3n2CCCC3)s1. The van der Waals surface area contributed by atoms with Crippen LogP contribution in [0.1, 0.15) is 34.9 Å². The number of nitrogens with zero attached hydrogens (tertiary/aromatic N) is 3. The van der Waals surface area contributed by atoms with E-state index in [4.69, 9.17) is 0 Å². The van der Waals surface area contributed by atoms with Gasteiger partial charge in [0.25, 0.3) is 0 Å². The summed E-state index contributed by atoms with van der Waals surface area (Å²) in [6.45, 7) is 2.60. The van der Waals surface area contributed by atoms with Crippen LogP contribution >= 0.6 is 11.3 Å². The Balaban J connectivity index is 1.90. The first kappa shape index (κ1) is 14.4. The van der Waals surface area contributed by atoms with E-state index in [1.165, 1.54) is 11.3 Å². The highest BCUT2D eigenvalue weighted by atomic mass is 32.1. The van der Waals surface area contributed by atoms with E-state index in [0.29, 0.717) is 23.9 Å². The van der Waals surface area contributed by atoms with Crippen LogP contribution < -0.4 is 5.32 Å². The summed E-state index contributed by atoms with van der Waals surface area (Å²) < 4.78 is 41.2. The third kappa shape index (κ3) is 2.90. The highest BCUT2D eigenvalue weighted by Gasteiger charge is 2.39.